The van der Waals surface area contributed by atoms with Crippen LogP contribution >= 0.6 is 0 Å². The second-order valence-electron chi connectivity index (χ2n) is 5.06. The van der Waals surface area contributed by atoms with Gasteiger partial charge in [-0.25, -0.2) is 4.39 Å². The van der Waals surface area contributed by atoms with E-state index in [0.29, 0.717) is 12.2 Å². The van der Waals surface area contributed by atoms with E-state index >= 15 is 0 Å². The number of hydrogen-bond acceptors (Lipinski definition) is 2. The molecule has 0 aliphatic rings. The molecule has 4 nitrogen and oxygen atoms in total. The van der Waals surface area contributed by atoms with E-state index in [1.165, 1.54) is 30.0 Å². The molecule has 5 heteroatoms. The summed E-state index contributed by atoms with van der Waals surface area (Å²) >= 11 is 0. The molecule has 0 N–H and O–H groups in total. The monoisotopic (exact) mass is 314 g/mol. The zero-order chi connectivity index (χ0) is 16.8. The molecule has 0 saturated heterocycles. The Hall–Kier alpha value is -2.69. The summed E-state index contributed by atoms with van der Waals surface area (Å²) in [6, 6.07) is 14.9. The summed E-state index contributed by atoms with van der Waals surface area (Å²) in [4.78, 5) is 27.3. The first kappa shape index (κ1) is 16.7. The van der Waals surface area contributed by atoms with Gasteiger partial charge in [0, 0.05) is 24.8 Å². The highest BCUT2D eigenvalue weighted by atomic mass is 19.1. The summed E-state index contributed by atoms with van der Waals surface area (Å²) < 4.78 is 13.4. The molecule has 0 aliphatic heterocycles. The number of para-hydroxylation sites is 1. The van der Waals surface area contributed by atoms with Crippen LogP contribution in [0.3, 0.4) is 0 Å². The quantitative estimate of drug-likeness (QED) is 0.850. The number of halogens is 1. The van der Waals surface area contributed by atoms with E-state index in [2.05, 4.69) is 0 Å². The SMILES string of the molecule is CCN(C(=O)CN(C(C)=O)c1cccc(F)c1)c1ccccc1. The number of amides is 2. The maximum atomic E-state index is 13.4. The lowest BCUT2D eigenvalue weighted by Crippen LogP contribution is -2.42. The molecule has 2 aromatic rings. The van der Waals surface area contributed by atoms with Gasteiger partial charge in [-0.3, -0.25) is 9.59 Å². The van der Waals surface area contributed by atoms with Crippen molar-refractivity contribution in [3.63, 3.8) is 0 Å². The zero-order valence-electron chi connectivity index (χ0n) is 13.2. The summed E-state index contributed by atoms with van der Waals surface area (Å²) in [5, 5.41) is 0. The minimum atomic E-state index is -0.448. The Kier molecular flexibility index (Phi) is 5.46. The number of hydrogen-bond donors (Lipinski definition) is 0. The Morgan fingerprint density at radius 3 is 2.17 bits per heavy atom. The Bertz CT molecular complexity index is 688. The maximum absolute atomic E-state index is 13.4. The van der Waals surface area contributed by atoms with Crippen molar-refractivity contribution < 1.29 is 14.0 Å². The molecule has 0 saturated carbocycles. The van der Waals surface area contributed by atoms with Crippen molar-refractivity contribution in [1.82, 2.24) is 0 Å². The summed E-state index contributed by atoms with van der Waals surface area (Å²) in [7, 11) is 0. The van der Waals surface area contributed by atoms with Crippen LogP contribution < -0.4 is 9.80 Å². The average molecular weight is 314 g/mol. The number of benzene rings is 2. The minimum Gasteiger partial charge on any atom is -0.311 e. The molecule has 0 radical (unpaired) electrons. The lowest BCUT2D eigenvalue weighted by atomic mass is 10.2. The highest BCUT2D eigenvalue weighted by Crippen LogP contribution is 2.18. The highest BCUT2D eigenvalue weighted by Gasteiger charge is 2.20. The summed E-state index contributed by atoms with van der Waals surface area (Å²) in [6.07, 6.45) is 0. The number of carbonyl (C=O) groups excluding carboxylic acids is 2. The maximum Gasteiger partial charge on any atom is 0.247 e. The van der Waals surface area contributed by atoms with Gasteiger partial charge in [-0.15, -0.1) is 0 Å². The van der Waals surface area contributed by atoms with Crippen LogP contribution in [0.15, 0.2) is 54.6 Å². The van der Waals surface area contributed by atoms with Gasteiger partial charge in [0.2, 0.25) is 11.8 Å². The van der Waals surface area contributed by atoms with Crippen LogP contribution in [0.2, 0.25) is 0 Å². The van der Waals surface area contributed by atoms with E-state index in [0.717, 1.165) is 5.69 Å². The zero-order valence-corrected chi connectivity index (χ0v) is 13.2. The van der Waals surface area contributed by atoms with Gasteiger partial charge in [-0.1, -0.05) is 24.3 Å². The fraction of sp³-hybridized carbons (Fsp3) is 0.222. The van der Waals surface area contributed by atoms with Crippen molar-refractivity contribution in [2.75, 3.05) is 22.9 Å². The summed E-state index contributed by atoms with van der Waals surface area (Å²) in [5.74, 6) is -0.983. The molecule has 0 spiro atoms. The van der Waals surface area contributed by atoms with Crippen molar-refractivity contribution in [3.8, 4) is 0 Å². The van der Waals surface area contributed by atoms with E-state index in [4.69, 9.17) is 0 Å². The molecule has 0 aliphatic carbocycles. The van der Waals surface area contributed by atoms with Gasteiger partial charge in [0.05, 0.1) is 0 Å². The third kappa shape index (κ3) is 4.16. The Morgan fingerprint density at radius 2 is 1.61 bits per heavy atom. The molecule has 2 aromatic carbocycles. The molecule has 0 unspecified atom stereocenters. The van der Waals surface area contributed by atoms with E-state index in [1.807, 2.05) is 37.3 Å². The van der Waals surface area contributed by atoms with Crippen molar-refractivity contribution in [2.45, 2.75) is 13.8 Å². The van der Waals surface area contributed by atoms with Crippen molar-refractivity contribution in [3.05, 3.63) is 60.4 Å². The van der Waals surface area contributed by atoms with Crippen molar-refractivity contribution in [2.24, 2.45) is 0 Å². The smallest absolute Gasteiger partial charge is 0.247 e. The predicted molar refractivity (Wildman–Crippen MR) is 88.9 cm³/mol. The standard InChI is InChI=1S/C18H19FN2O2/c1-3-20(16-9-5-4-6-10-16)18(23)13-21(14(2)22)17-11-7-8-15(19)12-17/h4-12H,3,13H2,1-2H3. The first-order valence-electron chi connectivity index (χ1n) is 7.42. The van der Waals surface area contributed by atoms with Gasteiger partial charge < -0.3 is 9.80 Å². The summed E-state index contributed by atoms with van der Waals surface area (Å²) in [5.41, 5.74) is 1.14. The Morgan fingerprint density at radius 1 is 0.957 bits per heavy atom. The lowest BCUT2D eigenvalue weighted by molar-refractivity contribution is -0.121. The largest absolute Gasteiger partial charge is 0.311 e. The van der Waals surface area contributed by atoms with E-state index in [9.17, 15) is 14.0 Å². The van der Waals surface area contributed by atoms with Crippen LogP contribution in [0.25, 0.3) is 0 Å². The van der Waals surface area contributed by atoms with Gasteiger partial charge in [0.15, 0.2) is 0 Å². The molecular formula is C18H19FN2O2. The van der Waals surface area contributed by atoms with Crippen molar-refractivity contribution >= 4 is 23.2 Å². The molecule has 0 bridgehead atoms. The lowest BCUT2D eigenvalue weighted by Gasteiger charge is -2.26. The third-order valence-corrected chi connectivity index (χ3v) is 3.48. The summed E-state index contributed by atoms with van der Waals surface area (Å²) in [6.45, 7) is 3.57. The number of rotatable bonds is 5. The Balaban J connectivity index is 2.22. The number of anilines is 2. The van der Waals surface area contributed by atoms with E-state index in [1.54, 1.807) is 11.0 Å². The molecule has 120 valence electrons. The van der Waals surface area contributed by atoms with Crippen LogP contribution in [-0.4, -0.2) is 24.9 Å². The molecular weight excluding hydrogens is 295 g/mol. The first-order chi connectivity index (χ1) is 11.0. The van der Waals surface area contributed by atoms with Crippen molar-refractivity contribution in [1.29, 1.82) is 0 Å². The van der Waals surface area contributed by atoms with Crippen LogP contribution in [0.5, 0.6) is 0 Å². The molecule has 2 amide bonds. The van der Waals surface area contributed by atoms with Crippen LogP contribution in [-0.2, 0) is 9.59 Å². The molecule has 0 fully saturated rings. The minimum absolute atomic E-state index is 0.137. The van der Waals surface area contributed by atoms with E-state index in [-0.39, 0.29) is 18.4 Å². The predicted octanol–water partition coefficient (Wildman–Crippen LogP) is 3.23. The first-order valence-corrected chi connectivity index (χ1v) is 7.42. The normalized spacial score (nSPS) is 10.2. The molecule has 0 aromatic heterocycles. The molecule has 0 heterocycles. The number of likely N-dealkylation sites (N-methyl/N-ethyl adjacent to an activating group) is 1. The topological polar surface area (TPSA) is 40.6 Å². The molecule has 2 rings (SSSR count). The molecule has 23 heavy (non-hydrogen) atoms. The second-order valence-corrected chi connectivity index (χ2v) is 5.06. The fourth-order valence-electron chi connectivity index (χ4n) is 2.36. The van der Waals surface area contributed by atoms with Crippen LogP contribution in [0.1, 0.15) is 13.8 Å². The highest BCUT2D eigenvalue weighted by molar-refractivity contribution is 6.02. The van der Waals surface area contributed by atoms with Gasteiger partial charge in [-0.05, 0) is 37.3 Å². The molecule has 0 atom stereocenters. The van der Waals surface area contributed by atoms with Gasteiger partial charge in [-0.2, -0.15) is 0 Å². The number of carbonyl (C=O) groups is 2. The van der Waals surface area contributed by atoms with Gasteiger partial charge in [0.25, 0.3) is 0 Å². The fourth-order valence-corrected chi connectivity index (χ4v) is 2.36. The van der Waals surface area contributed by atoms with Gasteiger partial charge in [0.1, 0.15) is 12.4 Å². The van der Waals surface area contributed by atoms with Gasteiger partial charge >= 0.3 is 0 Å². The Labute approximate surface area is 135 Å². The van der Waals surface area contributed by atoms with Crippen LogP contribution in [0.4, 0.5) is 15.8 Å². The second kappa shape index (κ2) is 7.54. The third-order valence-electron chi connectivity index (χ3n) is 3.48. The average Bonchev–Trinajstić information content (AvgIpc) is 2.54. The van der Waals surface area contributed by atoms with E-state index < -0.39 is 5.82 Å². The number of nitrogens with zero attached hydrogens (tertiary/aromatic N) is 2. The van der Waals surface area contributed by atoms with Crippen LogP contribution in [0, 0.1) is 5.82 Å².